The van der Waals surface area contributed by atoms with Crippen LogP contribution in [0.1, 0.15) is 35.9 Å². The summed E-state index contributed by atoms with van der Waals surface area (Å²) in [6.45, 7) is 0. The minimum absolute atomic E-state index is 0.00550. The van der Waals surface area contributed by atoms with E-state index in [1.54, 1.807) is 18.2 Å². The summed E-state index contributed by atoms with van der Waals surface area (Å²) in [6.07, 6.45) is -4.12. The molecule has 1 aliphatic heterocycles. The second-order valence-electron chi connectivity index (χ2n) is 7.77. The SMILES string of the molecule is O=C1CCC(n2c(=O)oc3ccc(Cc4nc(-c5cccc(C(F)(F)F)c5)no4)cc32)C(=O)N1. The number of amides is 2. The van der Waals surface area contributed by atoms with Gasteiger partial charge in [0.15, 0.2) is 5.58 Å². The Morgan fingerprint density at radius 2 is 1.94 bits per heavy atom. The zero-order chi connectivity index (χ0) is 24.0. The number of alkyl halides is 3. The van der Waals surface area contributed by atoms with Crippen LogP contribution in [0.5, 0.6) is 0 Å². The van der Waals surface area contributed by atoms with E-state index in [0.29, 0.717) is 11.1 Å². The predicted molar refractivity (Wildman–Crippen MR) is 109 cm³/mol. The first-order valence-corrected chi connectivity index (χ1v) is 10.2. The van der Waals surface area contributed by atoms with Crippen LogP contribution in [-0.2, 0) is 22.2 Å². The highest BCUT2D eigenvalue weighted by Crippen LogP contribution is 2.31. The normalized spacial score (nSPS) is 16.7. The molecule has 5 rings (SSSR count). The van der Waals surface area contributed by atoms with Gasteiger partial charge in [0, 0.05) is 12.0 Å². The number of nitrogens with zero attached hydrogens (tertiary/aromatic N) is 3. The van der Waals surface area contributed by atoms with Gasteiger partial charge in [0.05, 0.1) is 17.5 Å². The molecule has 1 aliphatic rings. The van der Waals surface area contributed by atoms with E-state index >= 15 is 0 Å². The Morgan fingerprint density at radius 3 is 2.71 bits per heavy atom. The molecule has 0 saturated carbocycles. The number of nitrogens with one attached hydrogen (secondary N) is 1. The summed E-state index contributed by atoms with van der Waals surface area (Å²) in [7, 11) is 0. The summed E-state index contributed by atoms with van der Waals surface area (Å²) >= 11 is 0. The number of aromatic nitrogens is 3. The van der Waals surface area contributed by atoms with Gasteiger partial charge in [0.2, 0.25) is 23.5 Å². The smallest absolute Gasteiger partial charge is 0.408 e. The molecule has 1 atom stereocenters. The van der Waals surface area contributed by atoms with Crippen molar-refractivity contribution in [3.05, 3.63) is 70.0 Å². The first kappa shape index (κ1) is 21.6. The van der Waals surface area contributed by atoms with E-state index in [2.05, 4.69) is 15.5 Å². The predicted octanol–water partition coefficient (Wildman–Crippen LogP) is 3.23. The Bertz CT molecular complexity index is 1480. The highest BCUT2D eigenvalue weighted by molar-refractivity contribution is 6.00. The number of oxazole rings is 1. The first-order valence-electron chi connectivity index (χ1n) is 10.2. The molecule has 1 N–H and O–H groups in total. The summed E-state index contributed by atoms with van der Waals surface area (Å²) < 4.78 is 50.6. The lowest BCUT2D eigenvalue weighted by Gasteiger charge is -2.21. The van der Waals surface area contributed by atoms with Crippen molar-refractivity contribution in [1.82, 2.24) is 20.0 Å². The summed E-state index contributed by atoms with van der Waals surface area (Å²) in [5, 5.41) is 5.98. The van der Waals surface area contributed by atoms with Crippen LogP contribution < -0.4 is 11.1 Å². The van der Waals surface area contributed by atoms with E-state index < -0.39 is 35.4 Å². The van der Waals surface area contributed by atoms with Gasteiger partial charge in [-0.05, 0) is 36.2 Å². The number of imide groups is 1. The number of halogens is 3. The van der Waals surface area contributed by atoms with Crippen LogP contribution in [0.25, 0.3) is 22.5 Å². The minimum atomic E-state index is -4.50. The van der Waals surface area contributed by atoms with E-state index in [4.69, 9.17) is 8.94 Å². The molecular weight excluding hydrogens is 457 g/mol. The van der Waals surface area contributed by atoms with Gasteiger partial charge in [0.25, 0.3) is 0 Å². The van der Waals surface area contributed by atoms with Gasteiger partial charge in [-0.1, -0.05) is 23.4 Å². The molecule has 12 heteroatoms. The van der Waals surface area contributed by atoms with Crippen molar-refractivity contribution in [2.75, 3.05) is 0 Å². The topological polar surface area (TPSA) is 120 Å². The minimum Gasteiger partial charge on any atom is -0.408 e. The van der Waals surface area contributed by atoms with Crippen molar-refractivity contribution in [1.29, 1.82) is 0 Å². The number of fused-ring (bicyclic) bond motifs is 1. The number of hydrogen-bond donors (Lipinski definition) is 1. The third-order valence-corrected chi connectivity index (χ3v) is 5.47. The molecule has 0 aliphatic carbocycles. The third kappa shape index (κ3) is 3.98. The molecular formula is C22H15F3N4O5. The monoisotopic (exact) mass is 472 g/mol. The van der Waals surface area contributed by atoms with Gasteiger partial charge in [0.1, 0.15) is 6.04 Å². The van der Waals surface area contributed by atoms with Crippen LogP contribution in [0.2, 0.25) is 0 Å². The summed E-state index contributed by atoms with van der Waals surface area (Å²) in [6, 6.07) is 8.54. The molecule has 2 aromatic heterocycles. The van der Waals surface area contributed by atoms with Gasteiger partial charge < -0.3 is 8.94 Å². The lowest BCUT2D eigenvalue weighted by molar-refractivity contribution is -0.138. The molecule has 1 saturated heterocycles. The molecule has 0 spiro atoms. The Kier molecular flexibility index (Phi) is 5.07. The number of carbonyl (C=O) groups is 2. The number of rotatable bonds is 4. The van der Waals surface area contributed by atoms with Crippen LogP contribution in [0.3, 0.4) is 0 Å². The third-order valence-electron chi connectivity index (χ3n) is 5.47. The fourth-order valence-corrected chi connectivity index (χ4v) is 3.87. The van der Waals surface area contributed by atoms with E-state index in [9.17, 15) is 27.6 Å². The number of carbonyl (C=O) groups excluding carboxylic acids is 2. The molecule has 0 bridgehead atoms. The number of benzene rings is 2. The molecule has 9 nitrogen and oxygen atoms in total. The van der Waals surface area contributed by atoms with E-state index in [-0.39, 0.29) is 42.1 Å². The Balaban J connectivity index is 1.43. The van der Waals surface area contributed by atoms with Crippen molar-refractivity contribution >= 4 is 22.9 Å². The second-order valence-corrected chi connectivity index (χ2v) is 7.77. The maximum atomic E-state index is 13.0. The molecule has 1 unspecified atom stereocenters. The van der Waals surface area contributed by atoms with Crippen LogP contribution in [-0.4, -0.2) is 26.5 Å². The average molecular weight is 472 g/mol. The zero-order valence-corrected chi connectivity index (χ0v) is 17.3. The van der Waals surface area contributed by atoms with Gasteiger partial charge >= 0.3 is 11.9 Å². The molecule has 2 aromatic carbocycles. The molecule has 174 valence electrons. The van der Waals surface area contributed by atoms with Gasteiger partial charge in [-0.2, -0.15) is 18.2 Å². The largest absolute Gasteiger partial charge is 0.420 e. The molecule has 3 heterocycles. The average Bonchev–Trinajstić information content (AvgIpc) is 3.37. The number of piperidine rings is 1. The molecule has 0 radical (unpaired) electrons. The van der Waals surface area contributed by atoms with Crippen LogP contribution in [0, 0.1) is 0 Å². The summed E-state index contributed by atoms with van der Waals surface area (Å²) in [5.41, 5.74) is 0.576. The highest BCUT2D eigenvalue weighted by atomic mass is 19.4. The van der Waals surface area contributed by atoms with Gasteiger partial charge in [-0.25, -0.2) is 4.79 Å². The van der Waals surface area contributed by atoms with E-state index in [1.165, 1.54) is 16.7 Å². The zero-order valence-electron chi connectivity index (χ0n) is 17.3. The Morgan fingerprint density at radius 1 is 1.12 bits per heavy atom. The molecule has 2 amide bonds. The summed E-state index contributed by atoms with van der Waals surface area (Å²) in [4.78, 5) is 40.3. The molecule has 4 aromatic rings. The van der Waals surface area contributed by atoms with Gasteiger partial charge in [-0.15, -0.1) is 0 Å². The van der Waals surface area contributed by atoms with E-state index in [0.717, 1.165) is 12.1 Å². The highest BCUT2D eigenvalue weighted by Gasteiger charge is 2.32. The lowest BCUT2D eigenvalue weighted by Crippen LogP contribution is -2.43. The Labute approximate surface area is 188 Å². The molecule has 1 fully saturated rings. The second kappa shape index (κ2) is 7.97. The van der Waals surface area contributed by atoms with Crippen LogP contribution >= 0.6 is 0 Å². The van der Waals surface area contributed by atoms with E-state index in [1.807, 2.05) is 0 Å². The quantitative estimate of drug-likeness (QED) is 0.453. The van der Waals surface area contributed by atoms with Crippen LogP contribution in [0.4, 0.5) is 13.2 Å². The van der Waals surface area contributed by atoms with Crippen molar-refractivity contribution in [3.63, 3.8) is 0 Å². The van der Waals surface area contributed by atoms with Crippen molar-refractivity contribution < 1.29 is 31.7 Å². The Hall–Kier alpha value is -4.22. The van der Waals surface area contributed by atoms with Crippen molar-refractivity contribution in [2.45, 2.75) is 31.5 Å². The molecule has 34 heavy (non-hydrogen) atoms. The maximum Gasteiger partial charge on any atom is 0.420 e. The van der Waals surface area contributed by atoms with Crippen molar-refractivity contribution in [3.8, 4) is 11.4 Å². The lowest BCUT2D eigenvalue weighted by atomic mass is 10.1. The fraction of sp³-hybridized carbons (Fsp3) is 0.227. The number of hydrogen-bond acceptors (Lipinski definition) is 7. The maximum absolute atomic E-state index is 13.0. The van der Waals surface area contributed by atoms with Crippen LogP contribution in [0.15, 0.2) is 56.2 Å². The van der Waals surface area contributed by atoms with Gasteiger partial charge in [-0.3, -0.25) is 19.5 Å². The first-order chi connectivity index (χ1) is 16.2. The van der Waals surface area contributed by atoms with Crippen molar-refractivity contribution in [2.24, 2.45) is 0 Å². The fourth-order valence-electron chi connectivity index (χ4n) is 3.87. The standard InChI is InChI=1S/C22H15F3N4O5/c23-22(24,25)13-3-1-2-12(10-13)19-27-18(34-28-19)9-11-4-6-16-15(8-11)29(21(32)33-16)14-5-7-17(30)26-20(14)31/h1-4,6,8,10,14H,5,7,9H2,(H,26,30,31). The summed E-state index contributed by atoms with van der Waals surface area (Å²) in [5.74, 6) is -1.58.